The molecular weight excluding hydrogens is 194 g/mol. The molecule has 4 nitrogen and oxygen atoms in total. The molecule has 2 aliphatic rings. The summed E-state index contributed by atoms with van der Waals surface area (Å²) in [5.74, 6) is 0.255. The predicted octanol–water partition coefficient (Wildman–Crippen LogP) is 1.25. The van der Waals surface area contributed by atoms with Crippen LogP contribution in [0.15, 0.2) is 60.0 Å². The second-order valence-corrected chi connectivity index (χ2v) is 2.89. The third-order valence-corrected chi connectivity index (χ3v) is 1.89. The number of amides is 1. The SMILES string of the molecule is NC(=O)C1=CC=COC1=C1C=CC=CO1. The summed E-state index contributed by atoms with van der Waals surface area (Å²) >= 11 is 0. The van der Waals surface area contributed by atoms with Gasteiger partial charge in [-0.2, -0.15) is 0 Å². The topological polar surface area (TPSA) is 61.6 Å². The van der Waals surface area contributed by atoms with Gasteiger partial charge < -0.3 is 15.2 Å². The van der Waals surface area contributed by atoms with Gasteiger partial charge in [-0.1, -0.05) is 6.08 Å². The first kappa shape index (κ1) is 9.33. The molecule has 0 saturated carbocycles. The maximum atomic E-state index is 11.1. The smallest absolute Gasteiger partial charge is 0.252 e. The molecule has 0 unspecified atom stereocenters. The van der Waals surface area contributed by atoms with Crippen molar-refractivity contribution in [3.8, 4) is 0 Å². The first-order valence-corrected chi connectivity index (χ1v) is 4.37. The minimum Gasteiger partial charge on any atom is -0.461 e. The molecule has 4 heteroatoms. The molecule has 2 N–H and O–H groups in total. The van der Waals surface area contributed by atoms with Crippen molar-refractivity contribution in [1.82, 2.24) is 0 Å². The van der Waals surface area contributed by atoms with Crippen LogP contribution >= 0.6 is 0 Å². The predicted molar refractivity (Wildman–Crippen MR) is 53.9 cm³/mol. The van der Waals surface area contributed by atoms with Crippen molar-refractivity contribution < 1.29 is 14.3 Å². The second kappa shape index (κ2) is 3.88. The molecule has 2 heterocycles. The molecule has 0 bridgehead atoms. The van der Waals surface area contributed by atoms with Crippen LogP contribution in [0.3, 0.4) is 0 Å². The van der Waals surface area contributed by atoms with Crippen LogP contribution in [0.2, 0.25) is 0 Å². The lowest BCUT2D eigenvalue weighted by Crippen LogP contribution is -2.18. The van der Waals surface area contributed by atoms with Crippen LogP contribution in [0.25, 0.3) is 0 Å². The van der Waals surface area contributed by atoms with Gasteiger partial charge in [0.05, 0.1) is 18.1 Å². The molecule has 2 aliphatic heterocycles. The minimum atomic E-state index is -0.548. The highest BCUT2D eigenvalue weighted by Gasteiger charge is 2.19. The molecule has 15 heavy (non-hydrogen) atoms. The van der Waals surface area contributed by atoms with E-state index in [1.165, 1.54) is 12.5 Å². The van der Waals surface area contributed by atoms with Gasteiger partial charge in [-0.05, 0) is 24.3 Å². The third-order valence-electron chi connectivity index (χ3n) is 1.89. The van der Waals surface area contributed by atoms with E-state index in [1.54, 1.807) is 30.4 Å². The van der Waals surface area contributed by atoms with Gasteiger partial charge in [0.15, 0.2) is 11.5 Å². The summed E-state index contributed by atoms with van der Waals surface area (Å²) in [7, 11) is 0. The summed E-state index contributed by atoms with van der Waals surface area (Å²) in [6.45, 7) is 0. The fourth-order valence-corrected chi connectivity index (χ4v) is 1.24. The lowest BCUT2D eigenvalue weighted by Gasteiger charge is -2.15. The van der Waals surface area contributed by atoms with Crippen molar-refractivity contribution in [2.75, 3.05) is 0 Å². The standard InChI is InChI=1S/C11H9NO3/c12-11(13)8-4-3-7-15-10(8)9-5-1-2-6-14-9/h1-7H,(H2,12,13). The number of hydrogen-bond acceptors (Lipinski definition) is 3. The Balaban J connectivity index is 2.40. The zero-order valence-corrected chi connectivity index (χ0v) is 7.84. The highest BCUT2D eigenvalue weighted by Crippen LogP contribution is 2.23. The van der Waals surface area contributed by atoms with Crippen molar-refractivity contribution >= 4 is 5.91 Å². The van der Waals surface area contributed by atoms with E-state index < -0.39 is 5.91 Å². The largest absolute Gasteiger partial charge is 0.461 e. The van der Waals surface area contributed by atoms with Gasteiger partial charge in [0.2, 0.25) is 0 Å². The van der Waals surface area contributed by atoms with E-state index in [4.69, 9.17) is 15.2 Å². The van der Waals surface area contributed by atoms with E-state index in [-0.39, 0.29) is 0 Å². The monoisotopic (exact) mass is 203 g/mol. The fourth-order valence-electron chi connectivity index (χ4n) is 1.24. The van der Waals surface area contributed by atoms with Crippen LogP contribution < -0.4 is 5.73 Å². The van der Waals surface area contributed by atoms with Crippen LogP contribution in [-0.2, 0) is 14.3 Å². The molecular formula is C11H9NO3. The highest BCUT2D eigenvalue weighted by atomic mass is 16.5. The van der Waals surface area contributed by atoms with Gasteiger partial charge in [-0.25, -0.2) is 0 Å². The molecule has 0 saturated heterocycles. The number of ether oxygens (including phenoxy) is 2. The van der Waals surface area contributed by atoms with Crippen LogP contribution in [0.1, 0.15) is 0 Å². The van der Waals surface area contributed by atoms with Crippen LogP contribution in [0.5, 0.6) is 0 Å². The Morgan fingerprint density at radius 2 is 1.93 bits per heavy atom. The molecule has 0 aromatic rings. The average molecular weight is 203 g/mol. The van der Waals surface area contributed by atoms with Gasteiger partial charge >= 0.3 is 0 Å². The number of rotatable bonds is 1. The van der Waals surface area contributed by atoms with Gasteiger partial charge in [-0.15, -0.1) is 0 Å². The maximum absolute atomic E-state index is 11.1. The average Bonchev–Trinajstić information content (AvgIpc) is 2.30. The normalized spacial score (nSPS) is 23.1. The zero-order valence-electron chi connectivity index (χ0n) is 7.84. The molecule has 0 spiro atoms. The Kier molecular flexibility index (Phi) is 2.41. The lowest BCUT2D eigenvalue weighted by molar-refractivity contribution is -0.114. The van der Waals surface area contributed by atoms with E-state index in [0.29, 0.717) is 17.1 Å². The Hall–Kier alpha value is -2.23. The number of nitrogens with two attached hydrogens (primary N) is 1. The summed E-state index contributed by atoms with van der Waals surface area (Å²) in [5.41, 5.74) is 5.51. The summed E-state index contributed by atoms with van der Waals surface area (Å²) in [6.07, 6.45) is 11.4. The summed E-state index contributed by atoms with van der Waals surface area (Å²) in [4.78, 5) is 11.1. The zero-order chi connectivity index (χ0) is 10.7. The van der Waals surface area contributed by atoms with Crippen molar-refractivity contribution in [2.45, 2.75) is 0 Å². The third kappa shape index (κ3) is 1.83. The van der Waals surface area contributed by atoms with E-state index in [0.717, 1.165) is 0 Å². The van der Waals surface area contributed by atoms with Crippen LogP contribution in [0, 0.1) is 0 Å². The molecule has 2 rings (SSSR count). The fraction of sp³-hybridized carbons (Fsp3) is 0. The molecule has 0 aromatic carbocycles. The van der Waals surface area contributed by atoms with Gasteiger partial charge in [0.1, 0.15) is 0 Å². The van der Waals surface area contributed by atoms with Crippen LogP contribution in [0.4, 0.5) is 0 Å². The highest BCUT2D eigenvalue weighted by molar-refractivity contribution is 5.96. The number of allylic oxidation sites excluding steroid dienone is 5. The Morgan fingerprint density at radius 1 is 1.13 bits per heavy atom. The quantitative estimate of drug-likeness (QED) is 0.697. The molecule has 0 radical (unpaired) electrons. The maximum Gasteiger partial charge on any atom is 0.252 e. The van der Waals surface area contributed by atoms with Crippen molar-refractivity contribution in [3.05, 3.63) is 60.0 Å². The molecule has 0 fully saturated rings. The van der Waals surface area contributed by atoms with E-state index in [9.17, 15) is 4.79 Å². The molecule has 0 aromatic heterocycles. The Morgan fingerprint density at radius 3 is 2.60 bits per heavy atom. The summed E-state index contributed by atoms with van der Waals surface area (Å²) in [6, 6.07) is 0. The van der Waals surface area contributed by atoms with Crippen LogP contribution in [-0.4, -0.2) is 5.91 Å². The first-order chi connectivity index (χ1) is 7.29. The van der Waals surface area contributed by atoms with E-state index in [2.05, 4.69) is 0 Å². The molecule has 76 valence electrons. The van der Waals surface area contributed by atoms with E-state index >= 15 is 0 Å². The molecule has 0 aliphatic carbocycles. The van der Waals surface area contributed by atoms with Gasteiger partial charge in [-0.3, -0.25) is 4.79 Å². The van der Waals surface area contributed by atoms with Crippen molar-refractivity contribution in [1.29, 1.82) is 0 Å². The first-order valence-electron chi connectivity index (χ1n) is 4.37. The summed E-state index contributed by atoms with van der Waals surface area (Å²) in [5, 5.41) is 0. The lowest BCUT2D eigenvalue weighted by atomic mass is 10.1. The Bertz CT molecular complexity index is 439. The molecule has 0 atom stereocenters. The number of hydrogen-bond donors (Lipinski definition) is 1. The second-order valence-electron chi connectivity index (χ2n) is 2.89. The Labute approximate surface area is 86.7 Å². The minimum absolute atomic E-state index is 0.299. The number of carbonyl (C=O) groups excluding carboxylic acids is 1. The number of carbonyl (C=O) groups is 1. The molecule has 1 amide bonds. The van der Waals surface area contributed by atoms with Gasteiger partial charge in [0.25, 0.3) is 5.91 Å². The van der Waals surface area contributed by atoms with Gasteiger partial charge in [0, 0.05) is 0 Å². The van der Waals surface area contributed by atoms with Crippen molar-refractivity contribution in [3.63, 3.8) is 0 Å². The van der Waals surface area contributed by atoms with Crippen molar-refractivity contribution in [2.24, 2.45) is 5.73 Å². The number of primary amides is 1. The summed E-state index contributed by atoms with van der Waals surface area (Å²) < 4.78 is 10.4. The van der Waals surface area contributed by atoms with E-state index in [1.807, 2.05) is 0 Å².